The molecule has 1 saturated carbocycles. The molecule has 20 heavy (non-hydrogen) atoms. The van der Waals surface area contributed by atoms with Crippen molar-refractivity contribution >= 4 is 11.5 Å². The second kappa shape index (κ2) is 6.65. The van der Waals surface area contributed by atoms with Gasteiger partial charge in [0.1, 0.15) is 0 Å². The van der Waals surface area contributed by atoms with Gasteiger partial charge in [-0.15, -0.1) is 0 Å². The van der Waals surface area contributed by atoms with Gasteiger partial charge in [0.15, 0.2) is 0 Å². The molecule has 1 aliphatic carbocycles. The van der Waals surface area contributed by atoms with Crippen molar-refractivity contribution in [2.45, 2.75) is 45.1 Å². The molecule has 0 radical (unpaired) electrons. The number of aliphatic hydroxyl groups is 1. The quantitative estimate of drug-likeness (QED) is 0.661. The molecular formula is C14H21N3O3. The van der Waals surface area contributed by atoms with Crippen molar-refractivity contribution in [3.63, 3.8) is 0 Å². The third-order valence-corrected chi connectivity index (χ3v) is 3.81. The molecule has 1 aromatic heterocycles. The van der Waals surface area contributed by atoms with Gasteiger partial charge in [0, 0.05) is 24.8 Å². The average Bonchev–Trinajstić information content (AvgIpc) is 2.46. The van der Waals surface area contributed by atoms with E-state index in [2.05, 4.69) is 4.98 Å². The number of nitrogens with zero attached hydrogens (tertiary/aromatic N) is 3. The molecule has 1 aliphatic rings. The van der Waals surface area contributed by atoms with Crippen molar-refractivity contribution in [1.82, 2.24) is 4.98 Å². The molecule has 0 aromatic carbocycles. The number of anilines is 1. The molecule has 0 bridgehead atoms. The lowest BCUT2D eigenvalue weighted by molar-refractivity contribution is -0.384. The predicted molar refractivity (Wildman–Crippen MR) is 76.9 cm³/mol. The minimum absolute atomic E-state index is 0.0246. The molecular weight excluding hydrogens is 258 g/mol. The van der Waals surface area contributed by atoms with Gasteiger partial charge in [-0.25, -0.2) is 4.98 Å². The lowest BCUT2D eigenvalue weighted by Gasteiger charge is -2.34. The molecule has 0 unspecified atom stereocenters. The maximum atomic E-state index is 11.2. The molecule has 0 aliphatic heterocycles. The summed E-state index contributed by atoms with van der Waals surface area (Å²) in [5.74, 6) is 0.390. The first-order valence-corrected chi connectivity index (χ1v) is 7.12. The number of aryl methyl sites for hydroxylation is 1. The Balaban J connectivity index is 2.35. The van der Waals surface area contributed by atoms with Crippen molar-refractivity contribution in [3.8, 4) is 0 Å². The van der Waals surface area contributed by atoms with Crippen LogP contribution < -0.4 is 4.90 Å². The van der Waals surface area contributed by atoms with Gasteiger partial charge in [-0.3, -0.25) is 10.1 Å². The van der Waals surface area contributed by atoms with Gasteiger partial charge in [-0.05, 0) is 25.3 Å². The molecule has 1 heterocycles. The van der Waals surface area contributed by atoms with Crippen LogP contribution in [0.5, 0.6) is 0 Å². The SMILES string of the molecule is Cc1cnc(N(CCO)C2CCCCC2)c([N+](=O)[O-])c1. The Morgan fingerprint density at radius 2 is 2.15 bits per heavy atom. The van der Waals surface area contributed by atoms with E-state index in [-0.39, 0.29) is 23.3 Å². The second-order valence-corrected chi connectivity index (χ2v) is 5.32. The van der Waals surface area contributed by atoms with Crippen LogP contribution in [0.2, 0.25) is 0 Å². The Kier molecular flexibility index (Phi) is 4.89. The van der Waals surface area contributed by atoms with Gasteiger partial charge in [0.05, 0.1) is 11.5 Å². The normalized spacial score (nSPS) is 16.1. The Bertz CT molecular complexity index is 473. The van der Waals surface area contributed by atoms with E-state index in [4.69, 9.17) is 0 Å². The van der Waals surface area contributed by atoms with E-state index in [9.17, 15) is 15.2 Å². The molecule has 6 nitrogen and oxygen atoms in total. The van der Waals surface area contributed by atoms with Gasteiger partial charge in [0.2, 0.25) is 5.82 Å². The number of hydrogen-bond acceptors (Lipinski definition) is 5. The first-order valence-electron chi connectivity index (χ1n) is 7.12. The van der Waals surface area contributed by atoms with Crippen molar-refractivity contribution in [2.24, 2.45) is 0 Å². The fraction of sp³-hybridized carbons (Fsp3) is 0.643. The minimum Gasteiger partial charge on any atom is -0.395 e. The van der Waals surface area contributed by atoms with E-state index < -0.39 is 0 Å². The minimum atomic E-state index is -0.386. The molecule has 110 valence electrons. The first kappa shape index (κ1) is 14.7. The predicted octanol–water partition coefficient (Wildman–Crippen LogP) is 2.43. The third kappa shape index (κ3) is 3.25. The summed E-state index contributed by atoms with van der Waals surface area (Å²) < 4.78 is 0. The van der Waals surface area contributed by atoms with Crippen LogP contribution in [0.1, 0.15) is 37.7 Å². The Morgan fingerprint density at radius 3 is 2.75 bits per heavy atom. The van der Waals surface area contributed by atoms with Crippen molar-refractivity contribution in [2.75, 3.05) is 18.1 Å². The molecule has 0 saturated heterocycles. The van der Waals surface area contributed by atoms with E-state index in [1.165, 1.54) is 6.42 Å². The van der Waals surface area contributed by atoms with E-state index in [1.807, 2.05) is 4.90 Å². The van der Waals surface area contributed by atoms with Crippen LogP contribution in [0.15, 0.2) is 12.3 Å². The number of aromatic nitrogens is 1. The van der Waals surface area contributed by atoms with E-state index >= 15 is 0 Å². The van der Waals surface area contributed by atoms with Gasteiger partial charge in [-0.1, -0.05) is 19.3 Å². The summed E-state index contributed by atoms with van der Waals surface area (Å²) in [6.07, 6.45) is 7.14. The molecule has 0 atom stereocenters. The second-order valence-electron chi connectivity index (χ2n) is 5.32. The van der Waals surface area contributed by atoms with Crippen LogP contribution in [0.25, 0.3) is 0 Å². The molecule has 2 rings (SSSR count). The summed E-state index contributed by atoms with van der Waals surface area (Å²) in [5.41, 5.74) is 0.803. The molecule has 0 amide bonds. The van der Waals surface area contributed by atoms with Crippen LogP contribution >= 0.6 is 0 Å². The molecule has 1 aromatic rings. The highest BCUT2D eigenvalue weighted by Crippen LogP contribution is 2.32. The monoisotopic (exact) mass is 279 g/mol. The van der Waals surface area contributed by atoms with Crippen LogP contribution in [0.3, 0.4) is 0 Å². The fourth-order valence-electron chi connectivity index (χ4n) is 2.86. The number of nitro groups is 1. The molecule has 1 fully saturated rings. The van der Waals surface area contributed by atoms with Gasteiger partial charge in [-0.2, -0.15) is 0 Å². The van der Waals surface area contributed by atoms with Crippen LogP contribution in [-0.2, 0) is 0 Å². The molecule has 0 spiro atoms. The lowest BCUT2D eigenvalue weighted by Crippen LogP contribution is -2.39. The summed E-state index contributed by atoms with van der Waals surface area (Å²) in [7, 11) is 0. The highest BCUT2D eigenvalue weighted by Gasteiger charge is 2.28. The Hall–Kier alpha value is -1.69. The Labute approximate surface area is 118 Å². The van der Waals surface area contributed by atoms with Gasteiger partial charge in [0.25, 0.3) is 0 Å². The molecule has 1 N–H and O–H groups in total. The number of rotatable bonds is 5. The summed E-state index contributed by atoms with van der Waals surface area (Å²) >= 11 is 0. The summed E-state index contributed by atoms with van der Waals surface area (Å²) in [6, 6.07) is 1.79. The van der Waals surface area contributed by atoms with E-state index in [1.54, 1.807) is 19.2 Å². The van der Waals surface area contributed by atoms with Crippen molar-refractivity contribution in [1.29, 1.82) is 0 Å². The van der Waals surface area contributed by atoms with Gasteiger partial charge >= 0.3 is 5.69 Å². The van der Waals surface area contributed by atoms with Crippen LogP contribution in [0, 0.1) is 17.0 Å². The van der Waals surface area contributed by atoms with Crippen LogP contribution in [-0.4, -0.2) is 34.2 Å². The zero-order valence-electron chi connectivity index (χ0n) is 11.8. The zero-order chi connectivity index (χ0) is 14.5. The summed E-state index contributed by atoms with van der Waals surface area (Å²) in [6.45, 7) is 2.16. The Morgan fingerprint density at radius 1 is 1.45 bits per heavy atom. The number of hydrogen-bond donors (Lipinski definition) is 1. The first-order chi connectivity index (χ1) is 9.63. The lowest BCUT2D eigenvalue weighted by atomic mass is 9.94. The standard InChI is InChI=1S/C14H21N3O3/c1-11-9-13(17(19)20)14(15-10-11)16(7-8-18)12-5-3-2-4-6-12/h9-10,12,18H,2-8H2,1H3. The maximum Gasteiger partial charge on any atom is 0.311 e. The summed E-state index contributed by atoms with van der Waals surface area (Å²) in [4.78, 5) is 17.0. The number of pyridine rings is 1. The highest BCUT2D eigenvalue weighted by molar-refractivity contribution is 5.59. The van der Waals surface area contributed by atoms with Crippen molar-refractivity contribution < 1.29 is 10.0 Å². The fourth-order valence-corrected chi connectivity index (χ4v) is 2.86. The van der Waals surface area contributed by atoms with E-state index in [0.29, 0.717) is 12.4 Å². The average molecular weight is 279 g/mol. The van der Waals surface area contributed by atoms with Gasteiger partial charge < -0.3 is 10.0 Å². The third-order valence-electron chi connectivity index (χ3n) is 3.81. The topological polar surface area (TPSA) is 79.5 Å². The van der Waals surface area contributed by atoms with E-state index in [0.717, 1.165) is 31.2 Å². The largest absolute Gasteiger partial charge is 0.395 e. The zero-order valence-corrected chi connectivity index (χ0v) is 11.8. The maximum absolute atomic E-state index is 11.2. The van der Waals surface area contributed by atoms with Crippen molar-refractivity contribution in [3.05, 3.63) is 27.9 Å². The highest BCUT2D eigenvalue weighted by atomic mass is 16.6. The molecule has 6 heteroatoms. The summed E-state index contributed by atoms with van der Waals surface area (Å²) in [5, 5.41) is 20.5. The van der Waals surface area contributed by atoms with Crippen LogP contribution in [0.4, 0.5) is 11.5 Å². The smallest absolute Gasteiger partial charge is 0.311 e. The number of aliphatic hydroxyl groups excluding tert-OH is 1.